The molecule has 0 radical (unpaired) electrons. The van der Waals surface area contributed by atoms with Gasteiger partial charge in [0.15, 0.2) is 0 Å². The Labute approximate surface area is 203 Å². The van der Waals surface area contributed by atoms with E-state index in [4.69, 9.17) is 4.74 Å². The number of hydrogen-bond donors (Lipinski definition) is 1. The van der Waals surface area contributed by atoms with Crippen LogP contribution in [0.15, 0.2) is 90.0 Å². The maximum Gasteiger partial charge on any atom is 0.271 e. The molecule has 4 aromatic carbocycles. The molecule has 0 heterocycles. The summed E-state index contributed by atoms with van der Waals surface area (Å²) < 4.78 is 7.05. The van der Waals surface area contributed by atoms with E-state index in [-0.39, 0.29) is 18.2 Å². The van der Waals surface area contributed by atoms with Crippen LogP contribution >= 0.6 is 22.6 Å². The van der Waals surface area contributed by atoms with Crippen molar-refractivity contribution in [3.63, 3.8) is 0 Å². The van der Waals surface area contributed by atoms with Crippen molar-refractivity contribution in [3.8, 4) is 5.75 Å². The normalized spacial score (nSPS) is 10.9. The molecular weight excluding hydrogens is 533 g/mol. The third-order valence-electron chi connectivity index (χ3n) is 4.94. The Hall–Kier alpha value is -3.79. The summed E-state index contributed by atoms with van der Waals surface area (Å²) >= 11 is 2.18. The van der Waals surface area contributed by atoms with Crippen molar-refractivity contribution in [1.29, 1.82) is 0 Å². The van der Waals surface area contributed by atoms with E-state index in [1.165, 1.54) is 12.1 Å². The van der Waals surface area contributed by atoms with Gasteiger partial charge in [0.2, 0.25) is 0 Å². The molecule has 1 N–H and O–H groups in total. The van der Waals surface area contributed by atoms with Crippen LogP contribution in [-0.2, 0) is 6.61 Å². The fraction of sp³-hybridized carbons (Fsp3) is 0.0400. The lowest BCUT2D eigenvalue weighted by atomic mass is 10.0. The molecule has 0 spiro atoms. The summed E-state index contributed by atoms with van der Waals surface area (Å²) in [5, 5.41) is 16.9. The van der Waals surface area contributed by atoms with Gasteiger partial charge in [0, 0.05) is 26.8 Å². The number of hydrogen-bond acceptors (Lipinski definition) is 5. The van der Waals surface area contributed by atoms with Crippen molar-refractivity contribution in [2.45, 2.75) is 6.61 Å². The molecule has 33 heavy (non-hydrogen) atoms. The Bertz CT molecular complexity index is 1340. The second-order valence-corrected chi connectivity index (χ2v) is 8.36. The zero-order valence-electron chi connectivity index (χ0n) is 17.3. The van der Waals surface area contributed by atoms with E-state index < -0.39 is 4.92 Å². The fourth-order valence-corrected chi connectivity index (χ4v) is 3.59. The van der Waals surface area contributed by atoms with E-state index in [9.17, 15) is 14.9 Å². The SMILES string of the molecule is O=C(N/N=C\c1c(OCc2ccc([N+](=O)[O-])cc2)ccc2ccccc12)c1ccc(I)cc1. The number of nitrogens with zero attached hydrogens (tertiary/aromatic N) is 2. The number of halogens is 1. The van der Waals surface area contributed by atoms with Crippen molar-refractivity contribution in [1.82, 2.24) is 5.43 Å². The quantitative estimate of drug-likeness (QED) is 0.138. The summed E-state index contributed by atoms with van der Waals surface area (Å²) in [5.41, 5.74) is 4.62. The lowest BCUT2D eigenvalue weighted by molar-refractivity contribution is -0.384. The first-order valence-corrected chi connectivity index (χ1v) is 11.1. The van der Waals surface area contributed by atoms with E-state index in [2.05, 4.69) is 33.1 Å². The zero-order chi connectivity index (χ0) is 23.2. The first kappa shape index (κ1) is 22.4. The molecule has 0 saturated carbocycles. The molecule has 0 fully saturated rings. The summed E-state index contributed by atoms with van der Waals surface area (Å²) in [6.07, 6.45) is 1.57. The largest absolute Gasteiger partial charge is 0.488 e. The smallest absolute Gasteiger partial charge is 0.271 e. The Morgan fingerprint density at radius 1 is 1.00 bits per heavy atom. The minimum atomic E-state index is -0.437. The summed E-state index contributed by atoms with van der Waals surface area (Å²) in [6.45, 7) is 0.228. The number of carbonyl (C=O) groups is 1. The first-order valence-electron chi connectivity index (χ1n) is 9.98. The van der Waals surface area contributed by atoms with Crippen LogP contribution in [0.1, 0.15) is 21.5 Å². The molecule has 1 amide bonds. The molecule has 8 heteroatoms. The Morgan fingerprint density at radius 2 is 1.73 bits per heavy atom. The Kier molecular flexibility index (Phi) is 6.94. The highest BCUT2D eigenvalue weighted by molar-refractivity contribution is 14.1. The number of non-ortho nitro benzene ring substituents is 1. The number of nitro groups is 1. The number of carbonyl (C=O) groups excluding carboxylic acids is 1. The molecule has 0 atom stereocenters. The van der Waals surface area contributed by atoms with Gasteiger partial charge in [-0.05, 0) is 81.4 Å². The van der Waals surface area contributed by atoms with Gasteiger partial charge >= 0.3 is 0 Å². The maximum absolute atomic E-state index is 12.4. The van der Waals surface area contributed by atoms with Crippen molar-refractivity contribution in [2.24, 2.45) is 5.10 Å². The Balaban J connectivity index is 1.55. The van der Waals surface area contributed by atoms with Crippen LogP contribution in [0.25, 0.3) is 10.8 Å². The van der Waals surface area contributed by atoms with Crippen molar-refractivity contribution >= 4 is 51.2 Å². The van der Waals surface area contributed by atoms with Crippen molar-refractivity contribution in [3.05, 3.63) is 115 Å². The highest BCUT2D eigenvalue weighted by Gasteiger charge is 2.10. The van der Waals surface area contributed by atoms with Gasteiger partial charge in [-0.25, -0.2) is 5.43 Å². The number of ether oxygens (including phenoxy) is 1. The van der Waals surface area contributed by atoms with Gasteiger partial charge in [-0.3, -0.25) is 14.9 Å². The number of hydrazone groups is 1. The average molecular weight is 551 g/mol. The van der Waals surface area contributed by atoms with Crippen molar-refractivity contribution < 1.29 is 14.5 Å². The summed E-state index contributed by atoms with van der Waals surface area (Å²) in [6, 6.07) is 25.0. The first-order chi connectivity index (χ1) is 16.0. The van der Waals surface area contributed by atoms with Gasteiger partial charge < -0.3 is 4.74 Å². The molecule has 0 bridgehead atoms. The van der Waals surface area contributed by atoms with Gasteiger partial charge in [-0.2, -0.15) is 5.10 Å². The summed E-state index contributed by atoms with van der Waals surface area (Å²) in [5.74, 6) is 0.274. The highest BCUT2D eigenvalue weighted by Crippen LogP contribution is 2.27. The predicted octanol–water partition coefficient (Wildman–Crippen LogP) is 5.70. The third kappa shape index (κ3) is 5.53. The van der Waals surface area contributed by atoms with Gasteiger partial charge in [0.05, 0.1) is 11.1 Å². The van der Waals surface area contributed by atoms with Crippen LogP contribution in [-0.4, -0.2) is 17.0 Å². The molecule has 0 aliphatic heterocycles. The minimum absolute atomic E-state index is 0.0288. The third-order valence-corrected chi connectivity index (χ3v) is 5.66. The molecule has 7 nitrogen and oxygen atoms in total. The maximum atomic E-state index is 12.4. The van der Waals surface area contributed by atoms with Crippen LogP contribution in [0.3, 0.4) is 0 Å². The van der Waals surface area contributed by atoms with Gasteiger partial charge in [0.25, 0.3) is 11.6 Å². The topological polar surface area (TPSA) is 93.8 Å². The van der Waals surface area contributed by atoms with Crippen LogP contribution in [0.5, 0.6) is 5.75 Å². The van der Waals surface area contributed by atoms with Gasteiger partial charge in [0.1, 0.15) is 12.4 Å². The van der Waals surface area contributed by atoms with Crippen LogP contribution in [0.2, 0.25) is 0 Å². The van der Waals surface area contributed by atoms with Crippen LogP contribution in [0.4, 0.5) is 5.69 Å². The standard InChI is InChI=1S/C25H18IN3O4/c26-20-10-7-19(8-11-20)25(30)28-27-15-23-22-4-2-1-3-18(22)9-14-24(23)33-16-17-5-12-21(13-6-17)29(31)32/h1-15H,16H2,(H,28,30)/b27-15-. The molecule has 0 aliphatic rings. The molecule has 164 valence electrons. The lowest BCUT2D eigenvalue weighted by Gasteiger charge is -2.12. The van der Waals surface area contributed by atoms with Gasteiger partial charge in [-0.1, -0.05) is 30.3 Å². The molecule has 4 rings (SSSR count). The van der Waals surface area contributed by atoms with E-state index in [1.54, 1.807) is 30.5 Å². The van der Waals surface area contributed by atoms with E-state index in [0.717, 1.165) is 25.5 Å². The van der Waals surface area contributed by atoms with E-state index in [1.807, 2.05) is 48.5 Å². The average Bonchev–Trinajstić information content (AvgIpc) is 2.84. The Morgan fingerprint density at radius 3 is 2.45 bits per heavy atom. The second-order valence-electron chi connectivity index (χ2n) is 7.12. The number of nitro benzene ring substituents is 1. The number of fused-ring (bicyclic) bond motifs is 1. The minimum Gasteiger partial charge on any atom is -0.488 e. The molecule has 0 aliphatic carbocycles. The second kappa shape index (κ2) is 10.2. The van der Waals surface area contributed by atoms with E-state index in [0.29, 0.717) is 11.3 Å². The summed E-state index contributed by atoms with van der Waals surface area (Å²) in [7, 11) is 0. The van der Waals surface area contributed by atoms with Crippen LogP contribution in [0, 0.1) is 13.7 Å². The zero-order valence-corrected chi connectivity index (χ0v) is 19.4. The van der Waals surface area contributed by atoms with Gasteiger partial charge in [-0.15, -0.1) is 0 Å². The fourth-order valence-electron chi connectivity index (χ4n) is 3.23. The summed E-state index contributed by atoms with van der Waals surface area (Å²) in [4.78, 5) is 22.8. The number of benzene rings is 4. The molecule has 0 unspecified atom stereocenters. The molecular formula is C25H18IN3O4. The molecule has 0 saturated heterocycles. The lowest BCUT2D eigenvalue weighted by Crippen LogP contribution is -2.17. The monoisotopic (exact) mass is 551 g/mol. The molecule has 0 aromatic heterocycles. The molecule has 4 aromatic rings. The highest BCUT2D eigenvalue weighted by atomic mass is 127. The number of amides is 1. The number of nitrogens with one attached hydrogen (secondary N) is 1. The van der Waals surface area contributed by atoms with Crippen LogP contribution < -0.4 is 10.2 Å². The van der Waals surface area contributed by atoms with Crippen molar-refractivity contribution in [2.75, 3.05) is 0 Å². The number of rotatable bonds is 7. The predicted molar refractivity (Wildman–Crippen MR) is 136 cm³/mol. The van der Waals surface area contributed by atoms with E-state index >= 15 is 0 Å².